The minimum absolute atomic E-state index is 0.0221. The predicted octanol–water partition coefficient (Wildman–Crippen LogP) is 4.74. The quantitative estimate of drug-likeness (QED) is 0.453. The first-order valence-corrected chi connectivity index (χ1v) is 14.4. The average molecular weight is 577 g/mol. The van der Waals surface area contributed by atoms with Gasteiger partial charge in [-0.2, -0.15) is 4.98 Å². The second kappa shape index (κ2) is 8.32. The van der Waals surface area contributed by atoms with Crippen molar-refractivity contribution in [1.29, 1.82) is 0 Å². The molecule has 3 aromatic rings. The first kappa shape index (κ1) is 24.0. The van der Waals surface area contributed by atoms with Crippen molar-refractivity contribution >= 4 is 60.9 Å². The number of aromatic nitrogens is 2. The van der Waals surface area contributed by atoms with E-state index in [0.717, 1.165) is 30.5 Å². The molecule has 3 saturated heterocycles. The van der Waals surface area contributed by atoms with E-state index in [-0.39, 0.29) is 35.5 Å². The Kier molecular flexibility index (Phi) is 5.55. The topological polar surface area (TPSA) is 102 Å². The third-order valence-corrected chi connectivity index (χ3v) is 10.0. The molecule has 2 aromatic heterocycles. The minimum Gasteiger partial charge on any atom is -0.610 e. The monoisotopic (exact) mass is 576 g/mol. The summed E-state index contributed by atoms with van der Waals surface area (Å²) >= 11 is 1.82. The smallest absolute Gasteiger partial charge is 0.407 e. The maximum atomic E-state index is 15.5. The predicted molar refractivity (Wildman–Crippen MR) is 137 cm³/mol. The maximum absolute atomic E-state index is 15.5. The van der Waals surface area contributed by atoms with E-state index in [1.807, 2.05) is 24.0 Å². The lowest BCUT2D eigenvalue weighted by Crippen LogP contribution is -2.43. The van der Waals surface area contributed by atoms with Crippen LogP contribution in [0, 0.1) is 18.7 Å². The third-order valence-electron chi connectivity index (χ3n) is 8.20. The first-order valence-electron chi connectivity index (χ1n) is 12.0. The number of halogens is 2. The van der Waals surface area contributed by atoms with Gasteiger partial charge in [0.05, 0.1) is 33.5 Å². The largest absolute Gasteiger partial charge is 0.610 e. The number of fused-ring (bicyclic) bond motifs is 4. The molecule has 5 atom stereocenters. The van der Waals surface area contributed by atoms with Crippen LogP contribution in [0.1, 0.15) is 49.5 Å². The standard InChI is InChI=1S/C25H26BrFN4O4S/c1-11-7-14-21(20(27)19(11)26)28-24(36(3)35)15-9-17(16-5-4-6-29(16)12(2)32)31(23(14)15)22-13-8-18(22)30(10-13)25(33)34/h7,9,13,16,18,22H,4-6,8,10H2,1-3H3,(H,33,34)/t13-,16-,18-,22+,36?/m1/s1. The zero-order valence-corrected chi connectivity index (χ0v) is 22.5. The number of likely N-dealkylation sites (tertiary alicyclic amines) is 1. The van der Waals surface area contributed by atoms with Gasteiger partial charge in [0.15, 0.2) is 5.82 Å². The van der Waals surface area contributed by atoms with E-state index in [9.17, 15) is 19.2 Å². The average Bonchev–Trinajstić information content (AvgIpc) is 3.58. The molecule has 1 aliphatic carbocycles. The molecule has 0 radical (unpaired) electrons. The number of carbonyl (C=O) groups is 2. The summed E-state index contributed by atoms with van der Waals surface area (Å²) < 4.78 is 30.8. The Hall–Kier alpha value is -2.37. The number of amides is 2. The molecule has 2 amide bonds. The van der Waals surface area contributed by atoms with Gasteiger partial charge in [0.25, 0.3) is 5.03 Å². The van der Waals surface area contributed by atoms with Crippen LogP contribution in [0.15, 0.2) is 21.6 Å². The van der Waals surface area contributed by atoms with Crippen molar-refractivity contribution in [1.82, 2.24) is 19.4 Å². The Balaban J connectivity index is 1.71. The van der Waals surface area contributed by atoms with Crippen LogP contribution in [-0.2, 0) is 16.0 Å². The number of carboxylic acid groups (broad SMARTS) is 1. The van der Waals surface area contributed by atoms with E-state index in [4.69, 9.17) is 0 Å². The molecule has 0 spiro atoms. The van der Waals surface area contributed by atoms with Gasteiger partial charge in [-0.05, 0) is 59.8 Å². The number of hydrogen-bond acceptors (Lipinski definition) is 4. The molecular weight excluding hydrogens is 551 g/mol. The van der Waals surface area contributed by atoms with Gasteiger partial charge in [0.2, 0.25) is 5.91 Å². The lowest BCUT2D eigenvalue weighted by molar-refractivity contribution is -0.129. The van der Waals surface area contributed by atoms with Crippen LogP contribution >= 0.6 is 15.9 Å². The number of carbonyl (C=O) groups excluding carboxylic acids is 1. The fourth-order valence-electron chi connectivity index (χ4n) is 6.62. The molecular formula is C25H26BrFN4O4S. The van der Waals surface area contributed by atoms with Crippen molar-refractivity contribution in [3.63, 3.8) is 0 Å². The highest BCUT2D eigenvalue weighted by Gasteiger charge is 2.56. The third kappa shape index (κ3) is 3.24. The van der Waals surface area contributed by atoms with Crippen molar-refractivity contribution in [2.24, 2.45) is 5.92 Å². The lowest BCUT2D eigenvalue weighted by atomic mass is 9.79. The molecule has 4 fully saturated rings. The molecule has 36 heavy (non-hydrogen) atoms. The molecule has 8 nitrogen and oxygen atoms in total. The van der Waals surface area contributed by atoms with Gasteiger partial charge < -0.3 is 24.0 Å². The Morgan fingerprint density at radius 1 is 1.28 bits per heavy atom. The van der Waals surface area contributed by atoms with Crippen molar-refractivity contribution in [3.05, 3.63) is 33.7 Å². The van der Waals surface area contributed by atoms with Gasteiger partial charge >= 0.3 is 6.09 Å². The highest BCUT2D eigenvalue weighted by atomic mass is 79.9. The molecule has 1 aromatic carbocycles. The van der Waals surface area contributed by atoms with Crippen molar-refractivity contribution < 1.29 is 23.6 Å². The Morgan fingerprint density at radius 3 is 2.67 bits per heavy atom. The van der Waals surface area contributed by atoms with Crippen LogP contribution in [0.4, 0.5) is 9.18 Å². The van der Waals surface area contributed by atoms with Crippen molar-refractivity contribution in [3.8, 4) is 0 Å². The first-order chi connectivity index (χ1) is 17.1. The summed E-state index contributed by atoms with van der Waals surface area (Å²) in [6.07, 6.45) is 2.99. The van der Waals surface area contributed by atoms with Gasteiger partial charge in [0.1, 0.15) is 11.8 Å². The lowest BCUT2D eigenvalue weighted by Gasteiger charge is -2.40. The van der Waals surface area contributed by atoms with Gasteiger partial charge in [-0.25, -0.2) is 9.18 Å². The molecule has 7 rings (SSSR count). The number of rotatable bonds is 3. The molecule has 11 heteroatoms. The van der Waals surface area contributed by atoms with E-state index in [1.165, 1.54) is 11.2 Å². The summed E-state index contributed by atoms with van der Waals surface area (Å²) in [6, 6.07) is 3.31. The number of aryl methyl sites for hydroxylation is 1. The number of nitrogens with zero attached hydrogens (tertiary/aromatic N) is 4. The van der Waals surface area contributed by atoms with E-state index < -0.39 is 23.1 Å². The molecule has 4 aliphatic rings. The van der Waals surface area contributed by atoms with E-state index >= 15 is 4.39 Å². The van der Waals surface area contributed by atoms with Crippen LogP contribution in [0.2, 0.25) is 0 Å². The summed E-state index contributed by atoms with van der Waals surface area (Å²) in [7, 11) is 0. The maximum Gasteiger partial charge on any atom is 0.407 e. The Morgan fingerprint density at radius 2 is 2.03 bits per heavy atom. The zero-order valence-electron chi connectivity index (χ0n) is 20.1. The van der Waals surface area contributed by atoms with Crippen LogP contribution in [0.3, 0.4) is 0 Å². The summed E-state index contributed by atoms with van der Waals surface area (Å²) in [5.41, 5.74) is 2.44. The fourth-order valence-corrected chi connectivity index (χ4v) is 7.61. The molecule has 1 N–H and O–H groups in total. The van der Waals surface area contributed by atoms with E-state index in [0.29, 0.717) is 38.9 Å². The SMILES string of the molecule is CC(=O)N1CCC[C@@H]1c1cc2c([S+](C)[O-])nc3c(F)c(Br)c(C)cc3c2n1[C@H]1[C@@H]2C[C@H]1N(C(=O)O)C2. The molecule has 1 unspecified atom stereocenters. The van der Waals surface area contributed by atoms with Crippen LogP contribution in [0.25, 0.3) is 21.8 Å². The van der Waals surface area contributed by atoms with Crippen LogP contribution in [0.5, 0.6) is 0 Å². The van der Waals surface area contributed by atoms with Gasteiger partial charge in [-0.1, -0.05) is 0 Å². The van der Waals surface area contributed by atoms with E-state index in [2.05, 4.69) is 25.5 Å². The van der Waals surface area contributed by atoms with Crippen LogP contribution < -0.4 is 0 Å². The summed E-state index contributed by atoms with van der Waals surface area (Å²) in [6.45, 7) is 4.46. The molecule has 1 saturated carbocycles. The Bertz CT molecular complexity index is 1460. The summed E-state index contributed by atoms with van der Waals surface area (Å²) in [5, 5.41) is 11.3. The normalized spacial score (nSPS) is 26.2. The van der Waals surface area contributed by atoms with E-state index in [1.54, 1.807) is 6.92 Å². The van der Waals surface area contributed by atoms with Crippen LogP contribution in [-0.4, -0.2) is 66.4 Å². The van der Waals surface area contributed by atoms with Crippen molar-refractivity contribution in [2.75, 3.05) is 19.3 Å². The molecule has 5 heterocycles. The molecule has 3 aliphatic heterocycles. The highest BCUT2D eigenvalue weighted by molar-refractivity contribution is 9.10. The second-order valence-corrected chi connectivity index (χ2v) is 12.2. The number of hydrogen-bond donors (Lipinski definition) is 1. The Labute approximate surface area is 218 Å². The summed E-state index contributed by atoms with van der Waals surface area (Å²) in [5.74, 6) is -0.415. The van der Waals surface area contributed by atoms with Crippen molar-refractivity contribution in [2.45, 2.75) is 56.3 Å². The number of pyridine rings is 1. The highest BCUT2D eigenvalue weighted by Crippen LogP contribution is 2.53. The minimum atomic E-state index is -1.50. The van der Waals surface area contributed by atoms with Gasteiger partial charge in [0, 0.05) is 48.2 Å². The number of benzene rings is 1. The second-order valence-electron chi connectivity index (χ2n) is 10.1. The van der Waals surface area contributed by atoms with Gasteiger partial charge in [-0.15, -0.1) is 0 Å². The molecule has 190 valence electrons. The summed E-state index contributed by atoms with van der Waals surface area (Å²) in [4.78, 5) is 32.3. The van der Waals surface area contributed by atoms with Gasteiger partial charge in [-0.3, -0.25) is 4.79 Å². The zero-order chi connectivity index (χ0) is 25.6. The fraction of sp³-hybridized carbons (Fsp3) is 0.480. The molecule has 2 bridgehead atoms.